The number of hydrogen-bond donors (Lipinski definition) is 0. The fourth-order valence-corrected chi connectivity index (χ4v) is 4.60. The Bertz CT molecular complexity index is 1230. The zero-order chi connectivity index (χ0) is 21.2. The molecule has 156 valence electrons. The lowest BCUT2D eigenvalue weighted by Crippen LogP contribution is -2.31. The first-order valence-corrected chi connectivity index (χ1v) is 11.0. The molecule has 0 bridgehead atoms. The number of pyridine rings is 1. The minimum atomic E-state index is 0.510. The third-order valence-electron chi connectivity index (χ3n) is 5.33. The van der Waals surface area contributed by atoms with E-state index in [2.05, 4.69) is 48.2 Å². The summed E-state index contributed by atoms with van der Waals surface area (Å²) < 4.78 is 10.8. The molecule has 0 saturated carbocycles. The SMILES string of the molecule is COc1ccc2cc3c(nc2c1)SC(=NCc1ccco1)N(Cc1ccc(C)cc1)C3. The van der Waals surface area contributed by atoms with Crippen LogP contribution in [0, 0.1) is 6.92 Å². The van der Waals surface area contributed by atoms with Crippen LogP contribution in [-0.2, 0) is 19.6 Å². The van der Waals surface area contributed by atoms with Gasteiger partial charge >= 0.3 is 0 Å². The van der Waals surface area contributed by atoms with Crippen molar-refractivity contribution < 1.29 is 9.15 Å². The second-order valence-corrected chi connectivity index (χ2v) is 8.59. The van der Waals surface area contributed by atoms with Crippen LogP contribution in [0.3, 0.4) is 0 Å². The van der Waals surface area contributed by atoms with Gasteiger partial charge in [-0.05, 0) is 54.6 Å². The van der Waals surface area contributed by atoms with E-state index in [1.165, 1.54) is 16.7 Å². The lowest BCUT2D eigenvalue weighted by atomic mass is 10.1. The minimum absolute atomic E-state index is 0.510. The number of rotatable bonds is 5. The van der Waals surface area contributed by atoms with Crippen molar-refractivity contribution in [1.29, 1.82) is 0 Å². The molecule has 0 radical (unpaired) electrons. The van der Waals surface area contributed by atoms with Crippen molar-refractivity contribution in [3.05, 3.63) is 89.4 Å². The number of aliphatic imine (C=N–C) groups is 1. The van der Waals surface area contributed by atoms with Crippen molar-refractivity contribution in [2.75, 3.05) is 7.11 Å². The Hall–Kier alpha value is -3.25. The van der Waals surface area contributed by atoms with E-state index in [1.54, 1.807) is 25.1 Å². The third-order valence-corrected chi connectivity index (χ3v) is 6.44. The summed E-state index contributed by atoms with van der Waals surface area (Å²) in [5.74, 6) is 1.67. The second kappa shape index (κ2) is 8.47. The molecule has 0 unspecified atom stereocenters. The lowest BCUT2D eigenvalue weighted by Gasteiger charge is -2.31. The first-order chi connectivity index (χ1) is 15.2. The van der Waals surface area contributed by atoms with E-state index < -0.39 is 0 Å². The maximum absolute atomic E-state index is 5.48. The number of thioether (sulfide) groups is 1. The highest BCUT2D eigenvalue weighted by atomic mass is 32.2. The van der Waals surface area contributed by atoms with Gasteiger partial charge in [-0.2, -0.15) is 0 Å². The van der Waals surface area contributed by atoms with Gasteiger partial charge in [0.1, 0.15) is 16.5 Å². The number of methoxy groups -OCH3 is 1. The first-order valence-electron chi connectivity index (χ1n) is 10.2. The highest BCUT2D eigenvalue weighted by molar-refractivity contribution is 8.13. The summed E-state index contributed by atoms with van der Waals surface area (Å²) in [6.45, 7) is 4.18. The Balaban J connectivity index is 1.50. The van der Waals surface area contributed by atoms with Gasteiger partial charge in [0.15, 0.2) is 5.17 Å². The van der Waals surface area contributed by atoms with Crippen molar-refractivity contribution in [3.8, 4) is 5.75 Å². The summed E-state index contributed by atoms with van der Waals surface area (Å²) in [5, 5.41) is 3.07. The molecule has 0 atom stereocenters. The zero-order valence-corrected chi connectivity index (χ0v) is 18.4. The largest absolute Gasteiger partial charge is 0.497 e. The summed E-state index contributed by atoms with van der Waals surface area (Å²) >= 11 is 1.62. The number of benzene rings is 2. The zero-order valence-electron chi connectivity index (χ0n) is 17.5. The van der Waals surface area contributed by atoms with Gasteiger partial charge in [0.2, 0.25) is 0 Å². The Morgan fingerprint density at radius 1 is 1.13 bits per heavy atom. The van der Waals surface area contributed by atoms with Crippen molar-refractivity contribution in [2.45, 2.75) is 31.6 Å². The van der Waals surface area contributed by atoms with Crippen molar-refractivity contribution in [2.24, 2.45) is 4.99 Å². The molecule has 31 heavy (non-hydrogen) atoms. The predicted octanol–water partition coefficient (Wildman–Crippen LogP) is 5.81. The van der Waals surface area contributed by atoms with Crippen LogP contribution in [0.25, 0.3) is 10.9 Å². The highest BCUT2D eigenvalue weighted by Gasteiger charge is 2.24. The summed E-state index contributed by atoms with van der Waals surface area (Å²) in [7, 11) is 1.68. The van der Waals surface area contributed by atoms with Crippen LogP contribution < -0.4 is 4.74 Å². The van der Waals surface area contributed by atoms with Gasteiger partial charge in [0.05, 0.1) is 25.4 Å². The quantitative estimate of drug-likeness (QED) is 0.401. The molecule has 6 heteroatoms. The van der Waals surface area contributed by atoms with Crippen LogP contribution in [-0.4, -0.2) is 22.2 Å². The molecule has 0 spiro atoms. The smallest absolute Gasteiger partial charge is 0.166 e. The molecule has 0 N–H and O–H groups in total. The maximum atomic E-state index is 5.48. The second-order valence-electron chi connectivity index (χ2n) is 7.63. The van der Waals surface area contributed by atoms with Gasteiger partial charge < -0.3 is 14.1 Å². The number of amidine groups is 1. The van der Waals surface area contributed by atoms with Crippen LogP contribution in [0.15, 0.2) is 81.4 Å². The Labute approximate surface area is 185 Å². The van der Waals surface area contributed by atoms with Crippen LogP contribution >= 0.6 is 11.8 Å². The summed E-state index contributed by atoms with van der Waals surface area (Å²) in [5.41, 5.74) is 4.67. The standard InChI is InChI=1S/C25H23N3O2S/c1-17-5-7-18(8-6-17)15-28-16-20-12-19-9-10-21(29-2)13-23(19)27-24(20)31-25(28)26-14-22-4-3-11-30-22/h3-13H,14-16H2,1-2H3. The lowest BCUT2D eigenvalue weighted by molar-refractivity contribution is 0.403. The van der Waals surface area contributed by atoms with E-state index in [1.807, 2.05) is 24.3 Å². The summed E-state index contributed by atoms with van der Waals surface area (Å²) in [6, 6.07) is 20.8. The van der Waals surface area contributed by atoms with E-state index in [0.29, 0.717) is 6.54 Å². The summed E-state index contributed by atoms with van der Waals surface area (Å²) in [6.07, 6.45) is 1.68. The molecule has 0 aliphatic carbocycles. The fraction of sp³-hybridized carbons (Fsp3) is 0.200. The van der Waals surface area contributed by atoms with Crippen LogP contribution in [0.1, 0.15) is 22.5 Å². The molecule has 1 aliphatic heterocycles. The van der Waals surface area contributed by atoms with Gasteiger partial charge in [-0.1, -0.05) is 29.8 Å². The fourth-order valence-electron chi connectivity index (χ4n) is 3.64. The number of fused-ring (bicyclic) bond motifs is 2. The van der Waals surface area contributed by atoms with Gasteiger partial charge in [-0.3, -0.25) is 4.99 Å². The Morgan fingerprint density at radius 3 is 2.77 bits per heavy atom. The molecule has 5 nitrogen and oxygen atoms in total. The van der Waals surface area contributed by atoms with E-state index >= 15 is 0 Å². The summed E-state index contributed by atoms with van der Waals surface area (Å²) in [4.78, 5) is 12.1. The number of aryl methyl sites for hydroxylation is 1. The molecular weight excluding hydrogens is 406 g/mol. The molecule has 0 amide bonds. The number of furan rings is 1. The number of ether oxygens (including phenoxy) is 1. The van der Waals surface area contributed by atoms with Gasteiger partial charge in [0.25, 0.3) is 0 Å². The van der Waals surface area contributed by atoms with E-state index in [9.17, 15) is 0 Å². The highest BCUT2D eigenvalue weighted by Crippen LogP contribution is 2.35. The monoisotopic (exact) mass is 429 g/mol. The van der Waals surface area contributed by atoms with Gasteiger partial charge in [0, 0.05) is 30.1 Å². The molecular formula is C25H23N3O2S. The van der Waals surface area contributed by atoms with Crippen LogP contribution in [0.5, 0.6) is 5.75 Å². The molecule has 4 aromatic rings. The molecule has 5 rings (SSSR count). The molecule has 0 saturated heterocycles. The Kier molecular flexibility index (Phi) is 5.38. The average Bonchev–Trinajstić information content (AvgIpc) is 3.31. The average molecular weight is 430 g/mol. The molecule has 3 heterocycles. The van der Waals surface area contributed by atoms with Crippen molar-refractivity contribution >= 4 is 27.8 Å². The Morgan fingerprint density at radius 2 is 2.00 bits per heavy atom. The van der Waals surface area contributed by atoms with Crippen LogP contribution in [0.4, 0.5) is 0 Å². The van der Waals surface area contributed by atoms with Crippen molar-refractivity contribution in [3.63, 3.8) is 0 Å². The maximum Gasteiger partial charge on any atom is 0.166 e. The normalized spacial score (nSPS) is 14.8. The molecule has 1 aliphatic rings. The van der Waals surface area contributed by atoms with Gasteiger partial charge in [-0.15, -0.1) is 0 Å². The molecule has 2 aromatic heterocycles. The first kappa shape index (κ1) is 19.7. The number of aromatic nitrogens is 1. The predicted molar refractivity (Wildman–Crippen MR) is 124 cm³/mol. The topological polar surface area (TPSA) is 50.9 Å². The van der Waals surface area contributed by atoms with E-state index in [-0.39, 0.29) is 0 Å². The van der Waals surface area contributed by atoms with E-state index in [0.717, 1.165) is 45.7 Å². The number of nitrogens with zero attached hydrogens (tertiary/aromatic N) is 3. The number of hydrogen-bond acceptors (Lipinski definition) is 5. The molecule has 2 aromatic carbocycles. The third kappa shape index (κ3) is 4.30. The van der Waals surface area contributed by atoms with Gasteiger partial charge in [-0.25, -0.2) is 4.98 Å². The minimum Gasteiger partial charge on any atom is -0.497 e. The van der Waals surface area contributed by atoms with E-state index in [4.69, 9.17) is 19.1 Å². The van der Waals surface area contributed by atoms with Crippen molar-refractivity contribution in [1.82, 2.24) is 9.88 Å². The van der Waals surface area contributed by atoms with Crippen LogP contribution in [0.2, 0.25) is 0 Å². The molecule has 0 fully saturated rings.